The normalized spacial score (nSPS) is 10.8. The highest BCUT2D eigenvalue weighted by Crippen LogP contribution is 2.09. The minimum Gasteiger partial charge on any atom is -0.468 e. The number of aryl methyl sites for hydroxylation is 1. The topological polar surface area (TPSA) is 42.4 Å². The first-order valence-corrected chi connectivity index (χ1v) is 6.28. The zero-order valence-corrected chi connectivity index (χ0v) is 11.8. The van der Waals surface area contributed by atoms with E-state index in [2.05, 4.69) is 4.98 Å². The SMILES string of the molecule is Cc1ccc(OCC(=O)N(C(C)C)C(C)C)nc1. The Morgan fingerprint density at radius 3 is 2.33 bits per heavy atom. The molecule has 0 fully saturated rings. The Balaban J connectivity index is 2.57. The summed E-state index contributed by atoms with van der Waals surface area (Å²) < 4.78 is 5.40. The molecule has 1 amide bonds. The van der Waals surface area contributed by atoms with Gasteiger partial charge in [-0.3, -0.25) is 4.79 Å². The molecule has 0 aliphatic rings. The molecule has 0 aliphatic carbocycles. The fraction of sp³-hybridized carbons (Fsp3) is 0.571. The lowest BCUT2D eigenvalue weighted by Gasteiger charge is -2.30. The first-order valence-electron chi connectivity index (χ1n) is 6.28. The molecule has 0 radical (unpaired) electrons. The standard InChI is InChI=1S/C14H22N2O2/c1-10(2)16(11(3)4)14(17)9-18-13-7-6-12(5)8-15-13/h6-8,10-11H,9H2,1-5H3. The zero-order valence-electron chi connectivity index (χ0n) is 11.8. The third kappa shape index (κ3) is 4.02. The van der Waals surface area contributed by atoms with Gasteiger partial charge in [-0.15, -0.1) is 0 Å². The predicted molar refractivity (Wildman–Crippen MR) is 71.6 cm³/mol. The van der Waals surface area contributed by atoms with Crippen LogP contribution < -0.4 is 4.74 Å². The fourth-order valence-corrected chi connectivity index (χ4v) is 1.92. The lowest BCUT2D eigenvalue weighted by atomic mass is 10.2. The molecule has 4 heteroatoms. The largest absolute Gasteiger partial charge is 0.468 e. The Morgan fingerprint density at radius 1 is 1.28 bits per heavy atom. The number of hydrogen-bond donors (Lipinski definition) is 0. The first kappa shape index (κ1) is 14.5. The number of ether oxygens (including phenoxy) is 1. The van der Waals surface area contributed by atoms with Gasteiger partial charge in [-0.05, 0) is 40.2 Å². The number of rotatable bonds is 5. The van der Waals surface area contributed by atoms with Crippen LogP contribution in [-0.2, 0) is 4.79 Å². The van der Waals surface area contributed by atoms with Crippen LogP contribution in [0.2, 0.25) is 0 Å². The summed E-state index contributed by atoms with van der Waals surface area (Å²) in [6.45, 7) is 10.0. The summed E-state index contributed by atoms with van der Waals surface area (Å²) in [5.41, 5.74) is 1.07. The maximum absolute atomic E-state index is 12.0. The second-order valence-electron chi connectivity index (χ2n) is 4.95. The van der Waals surface area contributed by atoms with Gasteiger partial charge in [0, 0.05) is 24.3 Å². The molecule has 0 saturated heterocycles. The Bertz CT molecular complexity index is 377. The third-order valence-corrected chi connectivity index (χ3v) is 2.63. The smallest absolute Gasteiger partial charge is 0.261 e. The Kier molecular flexibility index (Phi) is 5.13. The molecule has 0 saturated carbocycles. The Morgan fingerprint density at radius 2 is 1.89 bits per heavy atom. The lowest BCUT2D eigenvalue weighted by Crippen LogP contribution is -2.44. The van der Waals surface area contributed by atoms with E-state index in [1.165, 1.54) is 0 Å². The van der Waals surface area contributed by atoms with E-state index < -0.39 is 0 Å². The summed E-state index contributed by atoms with van der Waals surface area (Å²) in [5, 5.41) is 0. The van der Waals surface area contributed by atoms with Crippen LogP contribution in [0.5, 0.6) is 5.88 Å². The Hall–Kier alpha value is -1.58. The van der Waals surface area contributed by atoms with E-state index >= 15 is 0 Å². The van der Waals surface area contributed by atoms with Crippen LogP contribution in [0.25, 0.3) is 0 Å². The number of aromatic nitrogens is 1. The highest BCUT2D eigenvalue weighted by atomic mass is 16.5. The van der Waals surface area contributed by atoms with Crippen molar-refractivity contribution in [2.75, 3.05) is 6.61 Å². The van der Waals surface area contributed by atoms with Crippen molar-refractivity contribution in [1.29, 1.82) is 0 Å². The first-order chi connectivity index (χ1) is 8.41. The molecule has 0 N–H and O–H groups in total. The van der Waals surface area contributed by atoms with Gasteiger partial charge in [0.2, 0.25) is 5.88 Å². The van der Waals surface area contributed by atoms with Gasteiger partial charge in [-0.2, -0.15) is 0 Å². The summed E-state index contributed by atoms with van der Waals surface area (Å²) in [6, 6.07) is 4.03. The summed E-state index contributed by atoms with van der Waals surface area (Å²) in [6.07, 6.45) is 1.72. The Labute approximate surface area is 109 Å². The van der Waals surface area contributed by atoms with Crippen molar-refractivity contribution in [2.24, 2.45) is 0 Å². The van der Waals surface area contributed by atoms with Crippen molar-refractivity contribution < 1.29 is 9.53 Å². The van der Waals surface area contributed by atoms with E-state index in [9.17, 15) is 4.79 Å². The summed E-state index contributed by atoms with van der Waals surface area (Å²) in [5.74, 6) is 0.476. The average Bonchev–Trinajstić information content (AvgIpc) is 2.27. The van der Waals surface area contributed by atoms with Gasteiger partial charge in [0.1, 0.15) is 0 Å². The van der Waals surface area contributed by atoms with Crippen molar-refractivity contribution in [3.63, 3.8) is 0 Å². The minimum atomic E-state index is -0.0117. The third-order valence-electron chi connectivity index (χ3n) is 2.63. The number of nitrogens with zero attached hydrogens (tertiary/aromatic N) is 2. The molecule has 4 nitrogen and oxygen atoms in total. The highest BCUT2D eigenvalue weighted by molar-refractivity contribution is 5.78. The average molecular weight is 250 g/mol. The quantitative estimate of drug-likeness (QED) is 0.806. The van der Waals surface area contributed by atoms with Gasteiger partial charge in [-0.25, -0.2) is 4.98 Å². The summed E-state index contributed by atoms with van der Waals surface area (Å²) in [4.78, 5) is 18.0. The van der Waals surface area contributed by atoms with Crippen LogP contribution in [0.3, 0.4) is 0 Å². The number of carbonyl (C=O) groups is 1. The predicted octanol–water partition coefficient (Wildman–Crippen LogP) is 2.41. The molecule has 1 aromatic rings. The van der Waals surface area contributed by atoms with Crippen LogP contribution in [0.15, 0.2) is 18.3 Å². The molecule has 0 aromatic carbocycles. The monoisotopic (exact) mass is 250 g/mol. The van der Waals surface area contributed by atoms with Crippen molar-refractivity contribution in [3.8, 4) is 5.88 Å². The van der Waals surface area contributed by atoms with Crippen LogP contribution in [0.1, 0.15) is 33.3 Å². The van der Waals surface area contributed by atoms with Crippen LogP contribution in [0, 0.1) is 6.92 Å². The van der Waals surface area contributed by atoms with Crippen LogP contribution >= 0.6 is 0 Å². The maximum atomic E-state index is 12.0. The van der Waals surface area contributed by atoms with E-state index in [1.54, 1.807) is 12.3 Å². The molecule has 0 aliphatic heterocycles. The van der Waals surface area contributed by atoms with E-state index in [-0.39, 0.29) is 24.6 Å². The zero-order chi connectivity index (χ0) is 13.7. The minimum absolute atomic E-state index is 0.0117. The molecule has 0 bridgehead atoms. The molecule has 1 rings (SSSR count). The van der Waals surface area contributed by atoms with Crippen molar-refractivity contribution in [2.45, 2.75) is 46.7 Å². The number of amides is 1. The molecule has 18 heavy (non-hydrogen) atoms. The van der Waals surface area contributed by atoms with Crippen molar-refractivity contribution in [3.05, 3.63) is 23.9 Å². The van der Waals surface area contributed by atoms with Gasteiger partial charge in [0.05, 0.1) is 0 Å². The van der Waals surface area contributed by atoms with Gasteiger partial charge in [-0.1, -0.05) is 6.07 Å². The summed E-state index contributed by atoms with van der Waals surface area (Å²) in [7, 11) is 0. The van der Waals surface area contributed by atoms with Crippen LogP contribution in [0.4, 0.5) is 0 Å². The van der Waals surface area contributed by atoms with Crippen molar-refractivity contribution in [1.82, 2.24) is 9.88 Å². The number of carbonyl (C=O) groups excluding carboxylic acids is 1. The molecular weight excluding hydrogens is 228 g/mol. The molecule has 0 spiro atoms. The molecule has 1 heterocycles. The van der Waals surface area contributed by atoms with Gasteiger partial charge >= 0.3 is 0 Å². The van der Waals surface area contributed by atoms with Crippen molar-refractivity contribution >= 4 is 5.91 Å². The van der Waals surface area contributed by atoms with Crippen LogP contribution in [-0.4, -0.2) is 34.5 Å². The van der Waals surface area contributed by atoms with Gasteiger partial charge in [0.15, 0.2) is 6.61 Å². The molecule has 1 aromatic heterocycles. The van der Waals surface area contributed by atoms with E-state index in [0.29, 0.717) is 5.88 Å². The molecule has 0 atom stereocenters. The second-order valence-corrected chi connectivity index (χ2v) is 4.95. The van der Waals surface area contributed by atoms with Gasteiger partial charge in [0.25, 0.3) is 5.91 Å². The summed E-state index contributed by atoms with van der Waals surface area (Å²) >= 11 is 0. The van der Waals surface area contributed by atoms with E-state index in [1.807, 2.05) is 45.6 Å². The maximum Gasteiger partial charge on any atom is 0.261 e. The molecule has 100 valence electrons. The van der Waals surface area contributed by atoms with E-state index in [4.69, 9.17) is 4.74 Å². The second kappa shape index (κ2) is 6.38. The highest BCUT2D eigenvalue weighted by Gasteiger charge is 2.20. The molecule has 0 unspecified atom stereocenters. The number of hydrogen-bond acceptors (Lipinski definition) is 3. The van der Waals surface area contributed by atoms with E-state index in [0.717, 1.165) is 5.56 Å². The number of pyridine rings is 1. The molecular formula is C14H22N2O2. The fourth-order valence-electron chi connectivity index (χ4n) is 1.92. The lowest BCUT2D eigenvalue weighted by molar-refractivity contribution is -0.137. The van der Waals surface area contributed by atoms with Gasteiger partial charge < -0.3 is 9.64 Å².